The van der Waals surface area contributed by atoms with E-state index < -0.39 is 0 Å². The van der Waals surface area contributed by atoms with Crippen LogP contribution in [0.4, 0.5) is 5.82 Å². The Kier molecular flexibility index (Phi) is 4.02. The second-order valence-electron chi connectivity index (χ2n) is 5.27. The molecular weight excluding hydrogens is 250 g/mol. The Hall–Kier alpha value is -1.81. The fraction of sp³-hybridized carbons (Fsp3) is 0.438. The van der Waals surface area contributed by atoms with Crippen molar-refractivity contribution in [2.24, 2.45) is 0 Å². The fourth-order valence-corrected chi connectivity index (χ4v) is 2.20. The van der Waals surface area contributed by atoms with Crippen molar-refractivity contribution in [2.75, 3.05) is 11.4 Å². The van der Waals surface area contributed by atoms with E-state index in [0.717, 1.165) is 37.3 Å². The van der Waals surface area contributed by atoms with Crippen molar-refractivity contribution in [1.82, 2.24) is 10.3 Å². The molecule has 1 saturated carbocycles. The van der Waals surface area contributed by atoms with E-state index in [4.69, 9.17) is 4.42 Å². The number of furan rings is 1. The minimum absolute atomic E-state index is 0.737. The van der Waals surface area contributed by atoms with Crippen molar-refractivity contribution in [3.8, 4) is 0 Å². The number of pyridine rings is 1. The maximum absolute atomic E-state index is 5.40. The molecule has 0 radical (unpaired) electrons. The average Bonchev–Trinajstić information content (AvgIpc) is 3.18. The van der Waals surface area contributed by atoms with Crippen molar-refractivity contribution < 1.29 is 4.42 Å². The topological polar surface area (TPSA) is 41.3 Å². The van der Waals surface area contributed by atoms with Gasteiger partial charge in [-0.3, -0.25) is 0 Å². The van der Waals surface area contributed by atoms with Crippen LogP contribution >= 0.6 is 0 Å². The Balaban J connectivity index is 1.61. The molecule has 0 aliphatic heterocycles. The van der Waals surface area contributed by atoms with Gasteiger partial charge in [-0.1, -0.05) is 6.07 Å². The molecule has 0 spiro atoms. The zero-order valence-electron chi connectivity index (χ0n) is 11.9. The van der Waals surface area contributed by atoms with Gasteiger partial charge in [0.05, 0.1) is 12.8 Å². The predicted octanol–water partition coefficient (Wildman–Crippen LogP) is 2.95. The highest BCUT2D eigenvalue weighted by Crippen LogP contribution is 2.20. The average molecular weight is 271 g/mol. The first kappa shape index (κ1) is 13.2. The van der Waals surface area contributed by atoms with Crippen LogP contribution in [0, 0.1) is 0 Å². The van der Waals surface area contributed by atoms with Crippen LogP contribution in [0.15, 0.2) is 41.1 Å². The molecule has 0 unspecified atom stereocenters. The minimum atomic E-state index is 0.737. The molecule has 0 bridgehead atoms. The third-order valence-electron chi connectivity index (χ3n) is 3.61. The molecule has 1 N–H and O–H groups in total. The molecule has 1 aliphatic rings. The van der Waals surface area contributed by atoms with Crippen LogP contribution in [-0.4, -0.2) is 17.6 Å². The largest absolute Gasteiger partial charge is 0.467 e. The standard InChI is InChI=1S/C16H21N3O/c1-2-19(12-15-4-3-9-20-15)16-8-5-13(11-18-16)10-17-14-6-7-14/h3-5,8-9,11,14,17H,2,6-7,10,12H2,1H3. The van der Waals surface area contributed by atoms with Crippen LogP contribution in [0.2, 0.25) is 0 Å². The summed E-state index contributed by atoms with van der Waals surface area (Å²) in [5, 5.41) is 3.50. The normalized spacial score (nSPS) is 14.4. The Bertz CT molecular complexity index is 517. The summed E-state index contributed by atoms with van der Waals surface area (Å²) < 4.78 is 5.40. The van der Waals surface area contributed by atoms with Gasteiger partial charge in [-0.25, -0.2) is 4.98 Å². The molecule has 1 aliphatic carbocycles. The van der Waals surface area contributed by atoms with E-state index >= 15 is 0 Å². The van der Waals surface area contributed by atoms with E-state index in [1.165, 1.54) is 18.4 Å². The summed E-state index contributed by atoms with van der Waals surface area (Å²) in [6, 6.07) is 8.90. The van der Waals surface area contributed by atoms with Crippen LogP contribution < -0.4 is 10.2 Å². The van der Waals surface area contributed by atoms with Crippen LogP contribution in [0.5, 0.6) is 0 Å². The number of anilines is 1. The summed E-state index contributed by atoms with van der Waals surface area (Å²) in [4.78, 5) is 6.78. The highest BCUT2D eigenvalue weighted by atomic mass is 16.3. The highest BCUT2D eigenvalue weighted by molar-refractivity contribution is 5.39. The number of hydrogen-bond acceptors (Lipinski definition) is 4. The molecule has 0 amide bonds. The lowest BCUT2D eigenvalue weighted by Gasteiger charge is -2.20. The number of aromatic nitrogens is 1. The van der Waals surface area contributed by atoms with Gasteiger partial charge < -0.3 is 14.6 Å². The van der Waals surface area contributed by atoms with E-state index in [-0.39, 0.29) is 0 Å². The van der Waals surface area contributed by atoms with E-state index in [9.17, 15) is 0 Å². The van der Waals surface area contributed by atoms with E-state index in [0.29, 0.717) is 0 Å². The minimum Gasteiger partial charge on any atom is -0.467 e. The van der Waals surface area contributed by atoms with Crippen molar-refractivity contribution in [2.45, 2.75) is 38.9 Å². The molecule has 106 valence electrons. The van der Waals surface area contributed by atoms with Crippen molar-refractivity contribution >= 4 is 5.82 Å². The van der Waals surface area contributed by atoms with Gasteiger partial charge in [0.2, 0.25) is 0 Å². The van der Waals surface area contributed by atoms with Gasteiger partial charge in [0.1, 0.15) is 11.6 Å². The highest BCUT2D eigenvalue weighted by Gasteiger charge is 2.19. The second-order valence-corrected chi connectivity index (χ2v) is 5.27. The Labute approximate surface area is 119 Å². The maximum Gasteiger partial charge on any atom is 0.128 e. The summed E-state index contributed by atoms with van der Waals surface area (Å²) in [6.07, 6.45) is 6.31. The lowest BCUT2D eigenvalue weighted by atomic mass is 10.2. The fourth-order valence-electron chi connectivity index (χ4n) is 2.20. The summed E-state index contributed by atoms with van der Waals surface area (Å²) in [6.45, 7) is 4.72. The second kappa shape index (κ2) is 6.09. The summed E-state index contributed by atoms with van der Waals surface area (Å²) >= 11 is 0. The molecule has 4 heteroatoms. The first-order chi connectivity index (χ1) is 9.85. The van der Waals surface area contributed by atoms with Crippen molar-refractivity contribution in [3.05, 3.63) is 48.0 Å². The van der Waals surface area contributed by atoms with Crippen LogP contribution in [-0.2, 0) is 13.1 Å². The Morgan fingerprint density at radius 1 is 1.35 bits per heavy atom. The smallest absolute Gasteiger partial charge is 0.128 e. The van der Waals surface area contributed by atoms with Gasteiger partial charge in [-0.05, 0) is 43.5 Å². The zero-order chi connectivity index (χ0) is 13.8. The molecule has 0 aromatic carbocycles. The lowest BCUT2D eigenvalue weighted by Crippen LogP contribution is -2.23. The summed E-state index contributed by atoms with van der Waals surface area (Å²) in [5.74, 6) is 1.96. The first-order valence-electron chi connectivity index (χ1n) is 7.31. The Morgan fingerprint density at radius 3 is 2.85 bits per heavy atom. The number of rotatable bonds is 7. The Morgan fingerprint density at radius 2 is 2.25 bits per heavy atom. The molecule has 4 nitrogen and oxygen atoms in total. The molecule has 20 heavy (non-hydrogen) atoms. The number of nitrogens with zero attached hydrogens (tertiary/aromatic N) is 2. The molecule has 0 atom stereocenters. The molecule has 2 aromatic rings. The maximum atomic E-state index is 5.40. The number of hydrogen-bond donors (Lipinski definition) is 1. The van der Waals surface area contributed by atoms with Gasteiger partial charge in [0.25, 0.3) is 0 Å². The van der Waals surface area contributed by atoms with E-state index in [1.807, 2.05) is 18.3 Å². The third-order valence-corrected chi connectivity index (χ3v) is 3.61. The van der Waals surface area contributed by atoms with E-state index in [2.05, 4.69) is 34.3 Å². The van der Waals surface area contributed by atoms with Crippen LogP contribution in [0.25, 0.3) is 0 Å². The number of nitrogens with one attached hydrogen (secondary N) is 1. The molecule has 3 rings (SSSR count). The van der Waals surface area contributed by atoms with E-state index in [1.54, 1.807) is 6.26 Å². The lowest BCUT2D eigenvalue weighted by molar-refractivity contribution is 0.503. The van der Waals surface area contributed by atoms with Gasteiger partial charge in [-0.15, -0.1) is 0 Å². The molecular formula is C16H21N3O. The predicted molar refractivity (Wildman–Crippen MR) is 79.5 cm³/mol. The van der Waals surface area contributed by atoms with Gasteiger partial charge >= 0.3 is 0 Å². The van der Waals surface area contributed by atoms with Gasteiger partial charge in [0, 0.05) is 25.3 Å². The van der Waals surface area contributed by atoms with Crippen molar-refractivity contribution in [3.63, 3.8) is 0 Å². The third kappa shape index (κ3) is 3.39. The summed E-state index contributed by atoms with van der Waals surface area (Å²) in [5.41, 5.74) is 1.25. The van der Waals surface area contributed by atoms with Gasteiger partial charge in [-0.2, -0.15) is 0 Å². The monoisotopic (exact) mass is 271 g/mol. The summed E-state index contributed by atoms with van der Waals surface area (Å²) in [7, 11) is 0. The van der Waals surface area contributed by atoms with Crippen LogP contribution in [0.1, 0.15) is 31.1 Å². The SMILES string of the molecule is CCN(Cc1ccco1)c1ccc(CNC2CC2)cn1. The molecule has 0 saturated heterocycles. The van der Waals surface area contributed by atoms with Crippen LogP contribution in [0.3, 0.4) is 0 Å². The van der Waals surface area contributed by atoms with Gasteiger partial charge in [0.15, 0.2) is 0 Å². The molecule has 2 heterocycles. The quantitative estimate of drug-likeness (QED) is 0.840. The van der Waals surface area contributed by atoms with Crippen molar-refractivity contribution in [1.29, 1.82) is 0 Å². The molecule has 2 aromatic heterocycles. The first-order valence-corrected chi connectivity index (χ1v) is 7.31. The molecule has 1 fully saturated rings. The zero-order valence-corrected chi connectivity index (χ0v) is 11.9.